The highest BCUT2D eigenvalue weighted by molar-refractivity contribution is 9.10. The molecule has 150 valence electrons. The van der Waals surface area contributed by atoms with Crippen LogP contribution in [0.2, 0.25) is 0 Å². The van der Waals surface area contributed by atoms with Gasteiger partial charge in [-0.05, 0) is 65.3 Å². The van der Waals surface area contributed by atoms with Crippen LogP contribution in [0.1, 0.15) is 32.0 Å². The zero-order chi connectivity index (χ0) is 21.3. The smallest absolute Gasteiger partial charge is 0.255 e. The van der Waals surface area contributed by atoms with Gasteiger partial charge in [0.2, 0.25) is 5.78 Å². The van der Waals surface area contributed by atoms with Crippen molar-refractivity contribution < 1.29 is 18.7 Å². The first-order valence-corrected chi connectivity index (χ1v) is 10.0. The van der Waals surface area contributed by atoms with Crippen LogP contribution in [0.25, 0.3) is 11.0 Å². The van der Waals surface area contributed by atoms with E-state index in [0.29, 0.717) is 38.0 Å². The second-order valence-electron chi connectivity index (χ2n) is 6.80. The molecule has 0 aliphatic carbocycles. The third kappa shape index (κ3) is 3.74. The van der Waals surface area contributed by atoms with Crippen LogP contribution in [0, 0.1) is 6.92 Å². The third-order valence-corrected chi connectivity index (χ3v) is 5.35. The molecule has 0 aliphatic heterocycles. The number of anilines is 1. The van der Waals surface area contributed by atoms with Gasteiger partial charge in [-0.15, -0.1) is 0 Å². The van der Waals surface area contributed by atoms with Crippen LogP contribution in [0.15, 0.2) is 75.6 Å². The molecule has 3 aromatic carbocycles. The molecule has 5 nitrogen and oxygen atoms in total. The van der Waals surface area contributed by atoms with E-state index in [1.165, 1.54) is 0 Å². The van der Waals surface area contributed by atoms with Gasteiger partial charge < -0.3 is 14.5 Å². The molecule has 0 radical (unpaired) electrons. The molecule has 0 atom stereocenters. The number of furan rings is 1. The van der Waals surface area contributed by atoms with Gasteiger partial charge >= 0.3 is 0 Å². The lowest BCUT2D eigenvalue weighted by Gasteiger charge is -2.08. The van der Waals surface area contributed by atoms with Gasteiger partial charge in [-0.1, -0.05) is 29.8 Å². The van der Waals surface area contributed by atoms with Gasteiger partial charge in [0.05, 0.1) is 17.3 Å². The maximum atomic E-state index is 13.3. The van der Waals surface area contributed by atoms with Crippen molar-refractivity contribution in [2.75, 3.05) is 12.4 Å². The van der Waals surface area contributed by atoms with Crippen LogP contribution in [0.3, 0.4) is 0 Å². The van der Waals surface area contributed by atoms with Crippen molar-refractivity contribution in [1.29, 1.82) is 0 Å². The zero-order valence-electron chi connectivity index (χ0n) is 16.4. The highest BCUT2D eigenvalue weighted by Crippen LogP contribution is 2.34. The van der Waals surface area contributed by atoms with Crippen molar-refractivity contribution in [2.45, 2.75) is 6.92 Å². The number of hydrogen-bond donors (Lipinski definition) is 1. The third-order valence-electron chi connectivity index (χ3n) is 4.73. The molecule has 4 rings (SSSR count). The first-order valence-electron chi connectivity index (χ1n) is 9.25. The monoisotopic (exact) mass is 463 g/mol. The minimum absolute atomic E-state index is 0.0780. The largest absolute Gasteiger partial charge is 0.496 e. The van der Waals surface area contributed by atoms with Crippen LogP contribution < -0.4 is 10.1 Å². The molecule has 1 aromatic heterocycles. The molecule has 6 heteroatoms. The number of rotatable bonds is 5. The lowest BCUT2D eigenvalue weighted by Crippen LogP contribution is -2.14. The van der Waals surface area contributed by atoms with Crippen molar-refractivity contribution in [3.8, 4) is 5.75 Å². The normalized spacial score (nSPS) is 10.8. The number of ether oxygens (including phenoxy) is 1. The molecule has 1 amide bonds. The number of para-hydroxylation sites is 1. The van der Waals surface area contributed by atoms with E-state index in [1.807, 2.05) is 37.3 Å². The fourth-order valence-corrected chi connectivity index (χ4v) is 3.78. The summed E-state index contributed by atoms with van der Waals surface area (Å²) < 4.78 is 11.7. The van der Waals surface area contributed by atoms with E-state index in [2.05, 4.69) is 21.2 Å². The van der Waals surface area contributed by atoms with E-state index in [9.17, 15) is 9.59 Å². The van der Waals surface area contributed by atoms with Crippen molar-refractivity contribution in [3.05, 3.63) is 93.7 Å². The minimum atomic E-state index is -0.339. The SMILES string of the molecule is COc1ccc(C(=O)c2oc3ccccc3c2NC(=O)c2cccc(C)c2)cc1Br. The predicted molar refractivity (Wildman–Crippen MR) is 119 cm³/mol. The van der Waals surface area contributed by atoms with Crippen molar-refractivity contribution >= 4 is 44.3 Å². The molecule has 0 saturated heterocycles. The first kappa shape index (κ1) is 19.9. The topological polar surface area (TPSA) is 68.5 Å². The van der Waals surface area contributed by atoms with Crippen LogP contribution in [0.4, 0.5) is 5.69 Å². The Bertz CT molecular complexity index is 1280. The standard InChI is InChI=1S/C24H18BrNO4/c1-14-6-5-7-16(12-14)24(28)26-21-17-8-3-4-9-19(17)30-23(21)22(27)15-10-11-20(29-2)18(25)13-15/h3-13H,1-2H3,(H,26,28). The van der Waals surface area contributed by atoms with Crippen LogP contribution in [-0.4, -0.2) is 18.8 Å². The molecule has 0 unspecified atom stereocenters. The highest BCUT2D eigenvalue weighted by Gasteiger charge is 2.24. The summed E-state index contributed by atoms with van der Waals surface area (Å²) >= 11 is 3.40. The molecular weight excluding hydrogens is 446 g/mol. The molecule has 0 spiro atoms. The minimum Gasteiger partial charge on any atom is -0.496 e. The number of methoxy groups -OCH3 is 1. The molecule has 0 fully saturated rings. The average molecular weight is 464 g/mol. The molecule has 0 saturated carbocycles. The molecule has 1 heterocycles. The summed E-state index contributed by atoms with van der Waals surface area (Å²) in [6.07, 6.45) is 0. The van der Waals surface area contributed by atoms with Crippen LogP contribution in [-0.2, 0) is 0 Å². The summed E-state index contributed by atoms with van der Waals surface area (Å²) in [4.78, 5) is 26.1. The maximum Gasteiger partial charge on any atom is 0.255 e. The van der Waals surface area contributed by atoms with Crippen molar-refractivity contribution in [2.24, 2.45) is 0 Å². The van der Waals surface area contributed by atoms with Gasteiger partial charge in [0.25, 0.3) is 5.91 Å². The lowest BCUT2D eigenvalue weighted by molar-refractivity contribution is 0.101. The number of amides is 1. The molecule has 4 aromatic rings. The van der Waals surface area contributed by atoms with Gasteiger partial charge in [-0.25, -0.2) is 0 Å². The predicted octanol–water partition coefficient (Wildman–Crippen LogP) is 6.00. The number of nitrogens with one attached hydrogen (secondary N) is 1. The number of aryl methyl sites for hydroxylation is 1. The lowest BCUT2D eigenvalue weighted by atomic mass is 10.1. The van der Waals surface area contributed by atoms with Gasteiger partial charge in [-0.3, -0.25) is 9.59 Å². The second-order valence-corrected chi connectivity index (χ2v) is 7.66. The number of hydrogen-bond acceptors (Lipinski definition) is 4. The Morgan fingerprint density at radius 2 is 1.77 bits per heavy atom. The number of fused-ring (bicyclic) bond motifs is 1. The summed E-state index contributed by atoms with van der Waals surface area (Å²) in [5.41, 5.74) is 2.76. The molecule has 30 heavy (non-hydrogen) atoms. The van der Waals surface area contributed by atoms with Crippen molar-refractivity contribution in [3.63, 3.8) is 0 Å². The molecular formula is C24H18BrNO4. The van der Waals surface area contributed by atoms with E-state index < -0.39 is 0 Å². The molecule has 0 bridgehead atoms. The van der Waals surface area contributed by atoms with Crippen molar-refractivity contribution in [1.82, 2.24) is 0 Å². The maximum absolute atomic E-state index is 13.3. The van der Waals surface area contributed by atoms with E-state index in [-0.39, 0.29) is 17.5 Å². The first-order chi connectivity index (χ1) is 14.5. The average Bonchev–Trinajstić information content (AvgIpc) is 3.11. The number of carbonyl (C=O) groups excluding carboxylic acids is 2. The second kappa shape index (κ2) is 8.16. The van der Waals surface area contributed by atoms with Gasteiger partial charge in [0, 0.05) is 16.5 Å². The Labute approximate surface area is 181 Å². The Hall–Kier alpha value is -3.38. The Kier molecular flexibility index (Phi) is 5.42. The Balaban J connectivity index is 1.78. The fraction of sp³-hybridized carbons (Fsp3) is 0.0833. The number of carbonyl (C=O) groups is 2. The quantitative estimate of drug-likeness (QED) is 0.368. The van der Waals surface area contributed by atoms with E-state index >= 15 is 0 Å². The molecule has 1 N–H and O–H groups in total. The number of benzene rings is 3. The van der Waals surface area contributed by atoms with Gasteiger partial charge in [-0.2, -0.15) is 0 Å². The highest BCUT2D eigenvalue weighted by atomic mass is 79.9. The van der Waals surface area contributed by atoms with Crippen LogP contribution >= 0.6 is 15.9 Å². The van der Waals surface area contributed by atoms with E-state index in [0.717, 1.165) is 5.56 Å². The fourth-order valence-electron chi connectivity index (χ4n) is 3.24. The van der Waals surface area contributed by atoms with E-state index in [1.54, 1.807) is 43.5 Å². The Morgan fingerprint density at radius 1 is 0.967 bits per heavy atom. The summed E-state index contributed by atoms with van der Waals surface area (Å²) in [7, 11) is 1.56. The number of halogens is 1. The van der Waals surface area contributed by atoms with Gasteiger partial charge in [0.15, 0.2) is 5.76 Å². The zero-order valence-corrected chi connectivity index (χ0v) is 17.9. The van der Waals surface area contributed by atoms with Crippen LogP contribution in [0.5, 0.6) is 5.75 Å². The number of ketones is 1. The van der Waals surface area contributed by atoms with Gasteiger partial charge in [0.1, 0.15) is 11.3 Å². The van der Waals surface area contributed by atoms with E-state index in [4.69, 9.17) is 9.15 Å². The summed E-state index contributed by atoms with van der Waals surface area (Å²) in [6.45, 7) is 1.92. The summed E-state index contributed by atoms with van der Waals surface area (Å²) in [5.74, 6) is 0.0442. The molecule has 0 aliphatic rings. The summed E-state index contributed by atoms with van der Waals surface area (Å²) in [5, 5.41) is 3.54. The Morgan fingerprint density at radius 3 is 2.50 bits per heavy atom. The summed E-state index contributed by atoms with van der Waals surface area (Å²) in [6, 6.07) is 19.5.